The molecular formula is C22H27N5O2. The molecule has 0 aliphatic heterocycles. The zero-order valence-corrected chi connectivity index (χ0v) is 16.9. The summed E-state index contributed by atoms with van der Waals surface area (Å²) in [4.78, 5) is 13.5. The molecule has 7 heteroatoms. The normalized spacial score (nSPS) is 10.6. The van der Waals surface area contributed by atoms with Gasteiger partial charge in [-0.3, -0.25) is 0 Å². The molecule has 0 bridgehead atoms. The van der Waals surface area contributed by atoms with Gasteiger partial charge in [-0.25, -0.2) is 15.0 Å². The summed E-state index contributed by atoms with van der Waals surface area (Å²) in [6, 6.07) is 11.7. The average Bonchev–Trinajstić information content (AvgIpc) is 2.76. The van der Waals surface area contributed by atoms with Gasteiger partial charge in [-0.1, -0.05) is 19.1 Å². The third kappa shape index (κ3) is 5.42. The highest BCUT2D eigenvalue weighted by atomic mass is 16.5. The third-order valence-electron chi connectivity index (χ3n) is 4.36. The standard InChI is InChI=1S/C22H27N5O2/c1-3-16-14-17(15-25-21(16)23-11-7-13-28)18-10-12-24-22(26-18)27-19-8-5-6-9-20(19)29-4-2/h5-6,8-10,12,14-15,28H,3-4,7,11,13H2,1-2H3,(H,23,25)(H,24,26,27). The SMILES string of the molecule is CCOc1ccccc1Nc1nccc(-c2cnc(NCCCO)c(CC)c2)n1. The minimum Gasteiger partial charge on any atom is -0.492 e. The van der Waals surface area contributed by atoms with Gasteiger partial charge in [-0.2, -0.15) is 0 Å². The van der Waals surface area contributed by atoms with Crippen LogP contribution < -0.4 is 15.4 Å². The summed E-state index contributed by atoms with van der Waals surface area (Å²) in [6.45, 7) is 5.49. The molecule has 2 heterocycles. The van der Waals surface area contributed by atoms with Crippen LogP contribution in [0.4, 0.5) is 17.5 Å². The van der Waals surface area contributed by atoms with E-state index in [1.807, 2.05) is 37.3 Å². The van der Waals surface area contributed by atoms with Crippen molar-refractivity contribution in [2.75, 3.05) is 30.4 Å². The van der Waals surface area contributed by atoms with Crippen LogP contribution >= 0.6 is 0 Å². The molecule has 1 aromatic carbocycles. The van der Waals surface area contributed by atoms with E-state index in [9.17, 15) is 0 Å². The number of anilines is 3. The van der Waals surface area contributed by atoms with E-state index in [0.717, 1.165) is 40.5 Å². The van der Waals surface area contributed by atoms with Crippen LogP contribution in [0.5, 0.6) is 5.75 Å². The van der Waals surface area contributed by atoms with Crippen LogP contribution in [-0.2, 0) is 6.42 Å². The molecule has 0 aliphatic rings. The highest BCUT2D eigenvalue weighted by Gasteiger charge is 2.09. The zero-order chi connectivity index (χ0) is 20.5. The summed E-state index contributed by atoms with van der Waals surface area (Å²) in [5.74, 6) is 2.11. The van der Waals surface area contributed by atoms with Crippen molar-refractivity contribution in [3.63, 3.8) is 0 Å². The van der Waals surface area contributed by atoms with E-state index >= 15 is 0 Å². The summed E-state index contributed by atoms with van der Waals surface area (Å²) < 4.78 is 5.66. The Hall–Kier alpha value is -3.19. The van der Waals surface area contributed by atoms with Gasteiger partial charge in [-0.15, -0.1) is 0 Å². The number of hydrogen-bond donors (Lipinski definition) is 3. The average molecular weight is 393 g/mol. The van der Waals surface area contributed by atoms with E-state index in [4.69, 9.17) is 9.84 Å². The number of nitrogens with zero attached hydrogens (tertiary/aromatic N) is 3. The van der Waals surface area contributed by atoms with Crippen molar-refractivity contribution in [3.05, 3.63) is 54.4 Å². The van der Waals surface area contributed by atoms with Crippen LogP contribution in [0.15, 0.2) is 48.8 Å². The summed E-state index contributed by atoms with van der Waals surface area (Å²) >= 11 is 0. The van der Waals surface area contributed by atoms with Gasteiger partial charge in [0.05, 0.1) is 18.0 Å². The topological polar surface area (TPSA) is 92.2 Å². The molecule has 0 unspecified atom stereocenters. The van der Waals surface area contributed by atoms with Crippen molar-refractivity contribution >= 4 is 17.5 Å². The molecule has 152 valence electrons. The van der Waals surface area contributed by atoms with E-state index in [1.165, 1.54) is 0 Å². The number of aryl methyl sites for hydroxylation is 1. The van der Waals surface area contributed by atoms with Crippen molar-refractivity contribution in [2.45, 2.75) is 26.7 Å². The lowest BCUT2D eigenvalue weighted by Gasteiger charge is -2.13. The van der Waals surface area contributed by atoms with Gasteiger partial charge < -0.3 is 20.5 Å². The van der Waals surface area contributed by atoms with Gasteiger partial charge in [0.25, 0.3) is 0 Å². The Balaban J connectivity index is 1.82. The molecule has 0 radical (unpaired) electrons. The smallest absolute Gasteiger partial charge is 0.227 e. The Kier molecular flexibility index (Phi) is 7.35. The number of benzene rings is 1. The van der Waals surface area contributed by atoms with Crippen molar-refractivity contribution < 1.29 is 9.84 Å². The first-order chi connectivity index (χ1) is 14.2. The molecule has 0 aliphatic carbocycles. The Morgan fingerprint density at radius 2 is 1.97 bits per heavy atom. The number of aliphatic hydroxyl groups excluding tert-OH is 1. The van der Waals surface area contributed by atoms with Gasteiger partial charge >= 0.3 is 0 Å². The second kappa shape index (κ2) is 10.4. The number of hydrogen-bond acceptors (Lipinski definition) is 7. The fourth-order valence-corrected chi connectivity index (χ4v) is 2.92. The summed E-state index contributed by atoms with van der Waals surface area (Å²) in [6.07, 6.45) is 5.07. The first-order valence-electron chi connectivity index (χ1n) is 9.91. The molecule has 7 nitrogen and oxygen atoms in total. The number of rotatable bonds is 10. The summed E-state index contributed by atoms with van der Waals surface area (Å²) in [7, 11) is 0. The Labute approximate surface area is 171 Å². The van der Waals surface area contributed by atoms with Crippen LogP contribution in [-0.4, -0.2) is 39.8 Å². The monoisotopic (exact) mass is 393 g/mol. The van der Waals surface area contributed by atoms with Crippen molar-refractivity contribution in [1.29, 1.82) is 0 Å². The molecule has 3 rings (SSSR count). The van der Waals surface area contributed by atoms with Gasteiger partial charge in [0.2, 0.25) is 5.95 Å². The van der Waals surface area contributed by atoms with Crippen LogP contribution in [0.1, 0.15) is 25.8 Å². The van der Waals surface area contributed by atoms with Crippen molar-refractivity contribution in [3.8, 4) is 17.0 Å². The molecule has 0 spiro atoms. The van der Waals surface area contributed by atoms with E-state index in [-0.39, 0.29) is 6.61 Å². The Morgan fingerprint density at radius 1 is 1.10 bits per heavy atom. The lowest BCUT2D eigenvalue weighted by Crippen LogP contribution is -2.07. The van der Waals surface area contributed by atoms with Gasteiger partial charge in [0.15, 0.2) is 0 Å². The summed E-state index contributed by atoms with van der Waals surface area (Å²) in [5, 5.41) is 15.5. The number of para-hydroxylation sites is 2. The van der Waals surface area contributed by atoms with Gasteiger partial charge in [0.1, 0.15) is 11.6 Å². The molecule has 3 N–H and O–H groups in total. The number of aliphatic hydroxyl groups is 1. The zero-order valence-electron chi connectivity index (χ0n) is 16.9. The molecule has 29 heavy (non-hydrogen) atoms. The lowest BCUT2D eigenvalue weighted by atomic mass is 10.1. The fourth-order valence-electron chi connectivity index (χ4n) is 2.92. The quantitative estimate of drug-likeness (QED) is 0.448. The fraction of sp³-hybridized carbons (Fsp3) is 0.318. The van der Waals surface area contributed by atoms with Crippen molar-refractivity contribution in [2.24, 2.45) is 0 Å². The minimum absolute atomic E-state index is 0.162. The predicted octanol–water partition coefficient (Wildman–Crippen LogP) is 4.04. The van der Waals surface area contributed by atoms with Crippen molar-refractivity contribution in [1.82, 2.24) is 15.0 Å². The highest BCUT2D eigenvalue weighted by Crippen LogP contribution is 2.27. The maximum Gasteiger partial charge on any atom is 0.227 e. The third-order valence-corrected chi connectivity index (χ3v) is 4.36. The molecular weight excluding hydrogens is 366 g/mol. The Bertz CT molecular complexity index is 933. The molecule has 2 aromatic heterocycles. The number of ether oxygens (including phenoxy) is 1. The molecule has 0 atom stereocenters. The molecule has 0 amide bonds. The minimum atomic E-state index is 0.162. The molecule has 3 aromatic rings. The van der Waals surface area contributed by atoms with Crippen LogP contribution in [0.2, 0.25) is 0 Å². The van der Waals surface area contributed by atoms with E-state index in [0.29, 0.717) is 25.5 Å². The molecule has 0 saturated heterocycles. The maximum atomic E-state index is 8.95. The summed E-state index contributed by atoms with van der Waals surface area (Å²) in [5.41, 5.74) is 3.65. The van der Waals surface area contributed by atoms with Gasteiger partial charge in [0, 0.05) is 31.1 Å². The van der Waals surface area contributed by atoms with E-state index < -0.39 is 0 Å². The second-order valence-electron chi connectivity index (χ2n) is 6.41. The van der Waals surface area contributed by atoms with E-state index in [1.54, 1.807) is 12.4 Å². The van der Waals surface area contributed by atoms with Crippen LogP contribution in [0, 0.1) is 0 Å². The largest absolute Gasteiger partial charge is 0.492 e. The second-order valence-corrected chi connectivity index (χ2v) is 6.41. The number of nitrogens with one attached hydrogen (secondary N) is 2. The van der Waals surface area contributed by atoms with Crippen LogP contribution in [0.3, 0.4) is 0 Å². The Morgan fingerprint density at radius 3 is 2.76 bits per heavy atom. The van der Waals surface area contributed by atoms with Crippen LogP contribution in [0.25, 0.3) is 11.3 Å². The number of pyridine rings is 1. The molecule has 0 fully saturated rings. The highest BCUT2D eigenvalue weighted by molar-refractivity contribution is 5.66. The first-order valence-corrected chi connectivity index (χ1v) is 9.91. The molecule has 0 saturated carbocycles. The first kappa shape index (κ1) is 20.5. The lowest BCUT2D eigenvalue weighted by molar-refractivity contribution is 0.292. The van der Waals surface area contributed by atoms with E-state index in [2.05, 4.69) is 38.6 Å². The van der Waals surface area contributed by atoms with Gasteiger partial charge in [-0.05, 0) is 49.6 Å². The number of aromatic nitrogens is 3. The maximum absolute atomic E-state index is 8.95. The predicted molar refractivity (Wildman–Crippen MR) is 116 cm³/mol.